The van der Waals surface area contributed by atoms with Gasteiger partial charge in [-0.3, -0.25) is 0 Å². The molecule has 1 aromatic heterocycles. The van der Waals surface area contributed by atoms with Crippen LogP contribution in [0.3, 0.4) is 0 Å². The minimum absolute atomic E-state index is 0.203. The molecule has 0 amide bonds. The van der Waals surface area contributed by atoms with Crippen molar-refractivity contribution in [3.63, 3.8) is 0 Å². The Balaban J connectivity index is 1.10. The van der Waals surface area contributed by atoms with Crippen molar-refractivity contribution in [1.29, 1.82) is 0 Å². The Bertz CT molecular complexity index is 2680. The molecule has 1 atom stereocenters. The van der Waals surface area contributed by atoms with Crippen molar-refractivity contribution in [3.8, 4) is 44.8 Å². The van der Waals surface area contributed by atoms with E-state index in [2.05, 4.69) is 175 Å². The summed E-state index contributed by atoms with van der Waals surface area (Å²) in [6.45, 7) is 2.22. The van der Waals surface area contributed by atoms with Crippen LogP contribution in [-0.4, -0.2) is 4.57 Å². The van der Waals surface area contributed by atoms with Crippen LogP contribution in [0.25, 0.3) is 56.0 Å². The minimum atomic E-state index is -0.203. The number of nitrogens with zero attached hydrogens (tertiary/aromatic N) is 1. The zero-order valence-corrected chi connectivity index (χ0v) is 29.6. The molecule has 2 aliphatic rings. The molecule has 0 spiro atoms. The van der Waals surface area contributed by atoms with E-state index in [1.54, 1.807) is 0 Å². The zero-order valence-electron chi connectivity index (χ0n) is 29.6. The van der Waals surface area contributed by atoms with Gasteiger partial charge in [-0.25, -0.2) is 0 Å². The number of hydrogen-bond acceptors (Lipinski definition) is 1. The first-order chi connectivity index (χ1) is 26.2. The third-order valence-electron chi connectivity index (χ3n) is 11.0. The largest absolute Gasteiger partial charge is 0.480 e. The zero-order chi connectivity index (χ0) is 35.3. The van der Waals surface area contributed by atoms with E-state index in [-0.39, 0.29) is 6.10 Å². The van der Waals surface area contributed by atoms with E-state index in [4.69, 9.17) is 4.74 Å². The molecule has 8 aromatic rings. The summed E-state index contributed by atoms with van der Waals surface area (Å²) in [5, 5.41) is 1.26. The molecule has 1 unspecified atom stereocenters. The van der Waals surface area contributed by atoms with Crippen LogP contribution < -0.4 is 4.74 Å². The molecule has 1 aliphatic carbocycles. The molecule has 0 N–H and O–H groups in total. The Labute approximate surface area is 311 Å². The Morgan fingerprint density at radius 2 is 1.53 bits per heavy atom. The molecule has 0 bridgehead atoms. The quantitative estimate of drug-likeness (QED) is 0.171. The summed E-state index contributed by atoms with van der Waals surface area (Å²) in [5.74, 6) is 0.873. The van der Waals surface area contributed by atoms with Crippen molar-refractivity contribution < 1.29 is 4.74 Å². The second-order valence-corrected chi connectivity index (χ2v) is 14.2. The maximum absolute atomic E-state index is 6.85. The van der Waals surface area contributed by atoms with Gasteiger partial charge >= 0.3 is 0 Å². The molecule has 10 rings (SSSR count). The molecule has 0 saturated heterocycles. The number of aromatic nitrogens is 1. The Morgan fingerprint density at radius 1 is 0.736 bits per heavy atom. The van der Waals surface area contributed by atoms with Gasteiger partial charge in [-0.1, -0.05) is 133 Å². The van der Waals surface area contributed by atoms with Crippen LogP contribution in [0.2, 0.25) is 0 Å². The molecule has 1 aliphatic heterocycles. The number of rotatable bonds is 6. The summed E-state index contributed by atoms with van der Waals surface area (Å²) < 4.78 is 9.33. The Hall–Kier alpha value is -6.56. The summed E-state index contributed by atoms with van der Waals surface area (Å²) >= 11 is 0. The lowest BCUT2D eigenvalue weighted by atomic mass is 9.89. The number of fused-ring (bicyclic) bond motifs is 6. The van der Waals surface area contributed by atoms with Crippen LogP contribution in [-0.2, 0) is 12.8 Å². The Morgan fingerprint density at radius 3 is 2.42 bits per heavy atom. The van der Waals surface area contributed by atoms with Gasteiger partial charge in [0.15, 0.2) is 6.10 Å². The van der Waals surface area contributed by atoms with Crippen molar-refractivity contribution in [2.75, 3.05) is 0 Å². The number of hydrogen-bond donors (Lipinski definition) is 0. The fraction of sp³-hybridized carbons (Fsp3) is 0.0980. The number of aryl methyl sites for hydroxylation is 1. The first kappa shape index (κ1) is 31.2. The molecular formula is C51H37NO. The van der Waals surface area contributed by atoms with E-state index in [0.29, 0.717) is 0 Å². The summed E-state index contributed by atoms with van der Waals surface area (Å²) in [5.41, 5.74) is 18.3. The molecule has 53 heavy (non-hydrogen) atoms. The normalized spacial score (nSPS) is 14.2. The summed E-state index contributed by atoms with van der Waals surface area (Å²) in [6.07, 6.45) is 7.33. The first-order valence-electron chi connectivity index (χ1n) is 18.6. The lowest BCUT2D eigenvalue weighted by Gasteiger charge is -2.30. The summed E-state index contributed by atoms with van der Waals surface area (Å²) in [7, 11) is 0. The van der Waals surface area contributed by atoms with E-state index >= 15 is 0 Å². The maximum Gasteiger partial charge on any atom is 0.150 e. The summed E-state index contributed by atoms with van der Waals surface area (Å²) in [4.78, 5) is 0. The smallest absolute Gasteiger partial charge is 0.150 e. The van der Waals surface area contributed by atoms with Crippen LogP contribution in [0.4, 0.5) is 0 Å². The second-order valence-electron chi connectivity index (χ2n) is 14.2. The molecule has 2 heterocycles. The van der Waals surface area contributed by atoms with Gasteiger partial charge in [-0.05, 0) is 113 Å². The molecule has 0 radical (unpaired) electrons. The van der Waals surface area contributed by atoms with E-state index in [0.717, 1.165) is 53.0 Å². The van der Waals surface area contributed by atoms with Gasteiger partial charge in [-0.2, -0.15) is 0 Å². The molecule has 7 aromatic carbocycles. The van der Waals surface area contributed by atoms with Gasteiger partial charge in [0, 0.05) is 27.8 Å². The van der Waals surface area contributed by atoms with E-state index < -0.39 is 0 Å². The molecule has 0 fully saturated rings. The fourth-order valence-corrected chi connectivity index (χ4v) is 8.47. The Kier molecular flexibility index (Phi) is 7.59. The van der Waals surface area contributed by atoms with E-state index in [1.807, 2.05) is 12.1 Å². The highest BCUT2D eigenvalue weighted by Gasteiger charge is 2.31. The third kappa shape index (κ3) is 5.36. The van der Waals surface area contributed by atoms with Crippen molar-refractivity contribution in [2.45, 2.75) is 32.3 Å². The van der Waals surface area contributed by atoms with Gasteiger partial charge in [-0.15, -0.1) is 0 Å². The average molecular weight is 680 g/mol. The predicted molar refractivity (Wildman–Crippen MR) is 218 cm³/mol. The van der Waals surface area contributed by atoms with Gasteiger partial charge < -0.3 is 9.30 Å². The average Bonchev–Trinajstić information content (AvgIpc) is 3.55. The fourth-order valence-electron chi connectivity index (χ4n) is 8.47. The predicted octanol–water partition coefficient (Wildman–Crippen LogP) is 12.6. The SMILES string of the molecule is Cc1ccc(-c2ccc3c(c2)c2c(n3-c3cccc4c3-c3c#cccc3C(c3ccccc3)O4)CCC=C2)cc1-c1ccccc1Cc1ccccc1. The number of benzene rings is 6. The summed E-state index contributed by atoms with van der Waals surface area (Å²) in [6, 6.07) is 61.4. The molecule has 252 valence electrons. The monoisotopic (exact) mass is 679 g/mol. The van der Waals surface area contributed by atoms with Crippen molar-refractivity contribution in [2.24, 2.45) is 0 Å². The van der Waals surface area contributed by atoms with Crippen molar-refractivity contribution in [1.82, 2.24) is 4.57 Å². The highest BCUT2D eigenvalue weighted by Crippen LogP contribution is 2.48. The third-order valence-corrected chi connectivity index (χ3v) is 11.0. The first-order valence-corrected chi connectivity index (χ1v) is 18.6. The van der Waals surface area contributed by atoms with Gasteiger partial charge in [0.25, 0.3) is 0 Å². The maximum atomic E-state index is 6.85. The highest BCUT2D eigenvalue weighted by molar-refractivity contribution is 5.98. The van der Waals surface area contributed by atoms with Gasteiger partial charge in [0.2, 0.25) is 0 Å². The van der Waals surface area contributed by atoms with Crippen LogP contribution in [0, 0.1) is 19.1 Å². The van der Waals surface area contributed by atoms with Gasteiger partial charge in [0.1, 0.15) is 5.75 Å². The van der Waals surface area contributed by atoms with Gasteiger partial charge in [0.05, 0.1) is 16.8 Å². The number of allylic oxidation sites excluding steroid dienone is 1. The van der Waals surface area contributed by atoms with Crippen LogP contribution in [0.5, 0.6) is 5.75 Å². The van der Waals surface area contributed by atoms with E-state index in [1.165, 1.54) is 61.1 Å². The topological polar surface area (TPSA) is 14.2 Å². The second kappa shape index (κ2) is 12.9. The number of ether oxygens (including phenoxy) is 1. The standard InChI is InChI=1S/C51H37NO/c1-34-27-28-37(32-44(34)40-20-9-8-19-39(40)31-35-15-4-2-5-16-35)38-29-30-47-45(33-38)41-21-12-13-24-46(41)52(47)48-25-14-26-49-50(48)42-22-10-11-23-43(42)51(53-49)36-17-6-3-7-18-36/h2-9,11-12,14-21,23,25-30,32-33,51H,13,24,31H2,1H3. The van der Waals surface area contributed by atoms with Crippen LogP contribution >= 0.6 is 0 Å². The minimum Gasteiger partial charge on any atom is -0.480 e. The molecule has 2 heteroatoms. The molecular weight excluding hydrogens is 643 g/mol. The molecule has 2 nitrogen and oxygen atoms in total. The van der Waals surface area contributed by atoms with Crippen LogP contribution in [0.15, 0.2) is 158 Å². The lowest BCUT2D eigenvalue weighted by molar-refractivity contribution is 0.243. The van der Waals surface area contributed by atoms with Crippen LogP contribution in [0.1, 0.15) is 51.6 Å². The van der Waals surface area contributed by atoms with Crippen molar-refractivity contribution >= 4 is 17.0 Å². The lowest BCUT2D eigenvalue weighted by Crippen LogP contribution is -2.16. The van der Waals surface area contributed by atoms with Crippen molar-refractivity contribution in [3.05, 3.63) is 209 Å². The molecule has 0 saturated carbocycles. The van der Waals surface area contributed by atoms with E-state index in [9.17, 15) is 0 Å². The highest BCUT2D eigenvalue weighted by atomic mass is 16.5.